The molecule has 6 nitrogen and oxygen atoms in total. The van der Waals surface area contributed by atoms with Gasteiger partial charge in [-0.15, -0.1) is 0 Å². The summed E-state index contributed by atoms with van der Waals surface area (Å²) < 4.78 is 15.9. The van der Waals surface area contributed by atoms with Crippen LogP contribution in [0.3, 0.4) is 0 Å². The number of methoxy groups -OCH3 is 1. The van der Waals surface area contributed by atoms with Crippen molar-refractivity contribution in [1.82, 2.24) is 0 Å². The molecule has 0 aliphatic carbocycles. The molecule has 0 saturated carbocycles. The third kappa shape index (κ3) is 5.03. The van der Waals surface area contributed by atoms with Gasteiger partial charge in [0.25, 0.3) is 0 Å². The first kappa shape index (κ1) is 17.4. The molecule has 2 rings (SSSR count). The molecule has 1 aliphatic heterocycles. The Hall–Kier alpha value is -1.95. The van der Waals surface area contributed by atoms with E-state index < -0.39 is 11.7 Å². The highest BCUT2D eigenvalue weighted by molar-refractivity contribution is 5.87. The van der Waals surface area contributed by atoms with Crippen molar-refractivity contribution >= 4 is 17.5 Å². The summed E-state index contributed by atoms with van der Waals surface area (Å²) in [4.78, 5) is 11.9. The van der Waals surface area contributed by atoms with Crippen LogP contribution in [-0.2, 0) is 9.47 Å². The summed E-state index contributed by atoms with van der Waals surface area (Å²) in [7, 11) is 1.57. The van der Waals surface area contributed by atoms with E-state index in [1.807, 2.05) is 32.9 Å². The fourth-order valence-corrected chi connectivity index (χ4v) is 2.19. The average Bonchev–Trinajstić information content (AvgIpc) is 2.42. The zero-order valence-corrected chi connectivity index (χ0v) is 14.5. The quantitative estimate of drug-likeness (QED) is 0.868. The number of hydrogen-bond donors (Lipinski definition) is 2. The molecule has 0 aromatic heterocycles. The summed E-state index contributed by atoms with van der Waals surface area (Å²) in [5, 5.41) is 6.08. The molecule has 0 atom stereocenters. The molecule has 6 heteroatoms. The first-order valence-corrected chi connectivity index (χ1v) is 7.70. The number of hydrogen-bond acceptors (Lipinski definition) is 5. The second kappa shape index (κ2) is 6.66. The summed E-state index contributed by atoms with van der Waals surface area (Å²) >= 11 is 0. The topological polar surface area (TPSA) is 68.8 Å². The molecule has 0 spiro atoms. The number of ether oxygens (including phenoxy) is 3. The van der Waals surface area contributed by atoms with Crippen LogP contribution in [0.15, 0.2) is 18.2 Å². The molecule has 1 aliphatic rings. The lowest BCUT2D eigenvalue weighted by molar-refractivity contribution is -0.0924. The van der Waals surface area contributed by atoms with E-state index in [2.05, 4.69) is 17.6 Å². The Morgan fingerprint density at radius 1 is 1.35 bits per heavy atom. The van der Waals surface area contributed by atoms with E-state index in [1.165, 1.54) is 0 Å². The SMILES string of the molecule is COc1cc(NCC2(C)COC2)ccc1NC(=O)OC(C)(C)C. The maximum absolute atomic E-state index is 11.9. The second-order valence-corrected chi connectivity index (χ2v) is 7.20. The highest BCUT2D eigenvalue weighted by Gasteiger charge is 2.33. The number of carbonyl (C=O) groups excluding carboxylic acids is 1. The Bertz CT molecular complexity index is 562. The minimum atomic E-state index is -0.543. The maximum Gasteiger partial charge on any atom is 0.412 e. The lowest BCUT2D eigenvalue weighted by atomic mass is 9.89. The summed E-state index contributed by atoms with van der Waals surface area (Å²) in [6.45, 7) is 10.0. The number of nitrogens with one attached hydrogen (secondary N) is 2. The van der Waals surface area contributed by atoms with Crippen molar-refractivity contribution in [3.63, 3.8) is 0 Å². The fraction of sp³-hybridized carbons (Fsp3) is 0.588. The van der Waals surface area contributed by atoms with Crippen molar-refractivity contribution in [2.24, 2.45) is 5.41 Å². The monoisotopic (exact) mass is 322 g/mol. The standard InChI is InChI=1S/C17H26N2O4/c1-16(2,3)23-15(20)19-13-7-6-12(8-14(13)21-5)18-9-17(4)10-22-11-17/h6-8,18H,9-11H2,1-5H3,(H,19,20). The number of rotatable bonds is 5. The van der Waals surface area contributed by atoms with Crippen molar-refractivity contribution in [1.29, 1.82) is 0 Å². The predicted molar refractivity (Wildman–Crippen MR) is 90.3 cm³/mol. The molecule has 2 N–H and O–H groups in total. The van der Waals surface area contributed by atoms with Gasteiger partial charge in [-0.05, 0) is 32.9 Å². The van der Waals surface area contributed by atoms with Gasteiger partial charge in [-0.25, -0.2) is 4.79 Å². The maximum atomic E-state index is 11.9. The van der Waals surface area contributed by atoms with E-state index in [0.29, 0.717) is 11.4 Å². The Labute approximate surface area is 137 Å². The van der Waals surface area contributed by atoms with Crippen LogP contribution >= 0.6 is 0 Å². The summed E-state index contributed by atoms with van der Waals surface area (Å²) in [5.74, 6) is 0.580. The molecule has 1 amide bonds. The van der Waals surface area contributed by atoms with Gasteiger partial charge in [-0.1, -0.05) is 6.92 Å². The molecule has 128 valence electrons. The van der Waals surface area contributed by atoms with E-state index in [0.717, 1.165) is 25.4 Å². The molecule has 1 aromatic rings. The van der Waals surface area contributed by atoms with Crippen LogP contribution in [0, 0.1) is 5.41 Å². The van der Waals surface area contributed by atoms with Crippen LogP contribution in [0.2, 0.25) is 0 Å². The first-order chi connectivity index (χ1) is 10.7. The molecule has 1 aromatic carbocycles. The van der Waals surface area contributed by atoms with Crippen LogP contribution < -0.4 is 15.4 Å². The smallest absolute Gasteiger partial charge is 0.412 e. The molecule has 0 radical (unpaired) electrons. The average molecular weight is 322 g/mol. The van der Waals surface area contributed by atoms with Crippen LogP contribution in [0.1, 0.15) is 27.7 Å². The van der Waals surface area contributed by atoms with Gasteiger partial charge in [0.1, 0.15) is 11.4 Å². The highest BCUT2D eigenvalue weighted by Crippen LogP contribution is 2.31. The molecule has 1 heterocycles. The number of benzene rings is 1. The zero-order chi connectivity index (χ0) is 17.1. The van der Waals surface area contributed by atoms with Crippen molar-refractivity contribution in [2.45, 2.75) is 33.3 Å². The number of carbonyl (C=O) groups is 1. The zero-order valence-electron chi connectivity index (χ0n) is 14.5. The highest BCUT2D eigenvalue weighted by atomic mass is 16.6. The Balaban J connectivity index is 1.99. The molecular weight excluding hydrogens is 296 g/mol. The Morgan fingerprint density at radius 3 is 2.57 bits per heavy atom. The normalized spacial score (nSPS) is 16.2. The lowest BCUT2D eigenvalue weighted by Gasteiger charge is -2.38. The summed E-state index contributed by atoms with van der Waals surface area (Å²) in [5.41, 5.74) is 1.15. The van der Waals surface area contributed by atoms with E-state index in [-0.39, 0.29) is 5.41 Å². The van der Waals surface area contributed by atoms with Crippen molar-refractivity contribution in [3.05, 3.63) is 18.2 Å². The van der Waals surface area contributed by atoms with E-state index in [4.69, 9.17) is 14.2 Å². The Morgan fingerprint density at radius 2 is 2.04 bits per heavy atom. The van der Waals surface area contributed by atoms with Crippen LogP contribution in [0.5, 0.6) is 5.75 Å². The molecule has 23 heavy (non-hydrogen) atoms. The third-order valence-electron chi connectivity index (χ3n) is 3.46. The minimum Gasteiger partial charge on any atom is -0.494 e. The van der Waals surface area contributed by atoms with Crippen LogP contribution in [0.4, 0.5) is 16.2 Å². The molecular formula is C17H26N2O4. The van der Waals surface area contributed by atoms with Gasteiger partial charge >= 0.3 is 6.09 Å². The van der Waals surface area contributed by atoms with Crippen LogP contribution in [-0.4, -0.2) is 38.6 Å². The number of amides is 1. The van der Waals surface area contributed by atoms with Gasteiger partial charge in [0.15, 0.2) is 0 Å². The van der Waals surface area contributed by atoms with Gasteiger partial charge in [0, 0.05) is 23.7 Å². The minimum absolute atomic E-state index is 0.181. The fourth-order valence-electron chi connectivity index (χ4n) is 2.19. The van der Waals surface area contributed by atoms with E-state index >= 15 is 0 Å². The first-order valence-electron chi connectivity index (χ1n) is 7.70. The molecule has 1 fully saturated rings. The lowest BCUT2D eigenvalue weighted by Crippen LogP contribution is -2.45. The van der Waals surface area contributed by atoms with Gasteiger partial charge in [0.05, 0.1) is 26.0 Å². The van der Waals surface area contributed by atoms with Gasteiger partial charge < -0.3 is 19.5 Å². The second-order valence-electron chi connectivity index (χ2n) is 7.20. The van der Waals surface area contributed by atoms with Gasteiger partial charge in [-0.3, -0.25) is 5.32 Å². The summed E-state index contributed by atoms with van der Waals surface area (Å²) in [6, 6.07) is 5.55. The molecule has 0 bridgehead atoms. The van der Waals surface area contributed by atoms with Crippen molar-refractivity contribution < 1.29 is 19.0 Å². The van der Waals surface area contributed by atoms with Crippen molar-refractivity contribution in [3.8, 4) is 5.75 Å². The third-order valence-corrected chi connectivity index (χ3v) is 3.46. The summed E-state index contributed by atoms with van der Waals surface area (Å²) in [6.07, 6.45) is -0.504. The van der Waals surface area contributed by atoms with Gasteiger partial charge in [-0.2, -0.15) is 0 Å². The molecule has 1 saturated heterocycles. The van der Waals surface area contributed by atoms with E-state index in [9.17, 15) is 4.79 Å². The molecule has 0 unspecified atom stereocenters. The van der Waals surface area contributed by atoms with E-state index in [1.54, 1.807) is 13.2 Å². The van der Waals surface area contributed by atoms with Crippen LogP contribution in [0.25, 0.3) is 0 Å². The largest absolute Gasteiger partial charge is 0.494 e. The van der Waals surface area contributed by atoms with Gasteiger partial charge in [0.2, 0.25) is 0 Å². The van der Waals surface area contributed by atoms with Crippen molar-refractivity contribution in [2.75, 3.05) is 37.5 Å². The Kier molecular flexibility index (Phi) is 5.04. The predicted octanol–water partition coefficient (Wildman–Crippen LogP) is 3.49. The number of anilines is 2.